The highest BCUT2D eigenvalue weighted by Gasteiger charge is 2.28. The lowest BCUT2D eigenvalue weighted by atomic mass is 10.1. The molecule has 5 nitrogen and oxygen atoms in total. The summed E-state index contributed by atoms with van der Waals surface area (Å²) in [5.41, 5.74) is 6.35. The quantitative estimate of drug-likeness (QED) is 0.898. The number of anilines is 2. The second kappa shape index (κ2) is 5.46. The Morgan fingerprint density at radius 1 is 1.56 bits per heavy atom. The first-order valence-corrected chi connectivity index (χ1v) is 6.63. The molecule has 1 atom stereocenters. The van der Waals surface area contributed by atoms with Crippen LogP contribution in [0.1, 0.15) is 11.3 Å². The van der Waals surface area contributed by atoms with Gasteiger partial charge in [-0.25, -0.2) is 0 Å². The highest BCUT2D eigenvalue weighted by atomic mass is 32.1. The third kappa shape index (κ3) is 2.24. The van der Waals surface area contributed by atoms with E-state index in [1.165, 1.54) is 11.3 Å². The Kier molecular flexibility index (Phi) is 3.94. The van der Waals surface area contributed by atoms with Gasteiger partial charge in [0.15, 0.2) is 5.75 Å². The maximum atomic E-state index is 9.02. The van der Waals surface area contributed by atoms with Crippen LogP contribution >= 0.6 is 11.3 Å². The molecule has 0 bridgehead atoms. The lowest BCUT2D eigenvalue weighted by Gasteiger charge is -2.17. The molecule has 0 aliphatic carbocycles. The van der Waals surface area contributed by atoms with Crippen LogP contribution in [0.3, 0.4) is 0 Å². The molecule has 2 N–H and O–H groups in total. The van der Waals surface area contributed by atoms with Gasteiger partial charge in [-0.15, -0.1) is 11.3 Å². The summed E-state index contributed by atoms with van der Waals surface area (Å²) in [6.07, 6.45) is 1.09. The van der Waals surface area contributed by atoms with Gasteiger partial charge >= 0.3 is 0 Å². The van der Waals surface area contributed by atoms with Gasteiger partial charge in [0.25, 0.3) is 0 Å². The summed E-state index contributed by atoms with van der Waals surface area (Å²) in [7, 11) is 3.31. The number of nitrogens with zero attached hydrogens (tertiary/aromatic N) is 2. The van der Waals surface area contributed by atoms with Crippen molar-refractivity contribution in [1.29, 1.82) is 5.26 Å². The van der Waals surface area contributed by atoms with E-state index in [2.05, 4.69) is 11.0 Å². The van der Waals surface area contributed by atoms with Crippen molar-refractivity contribution >= 4 is 22.0 Å². The van der Waals surface area contributed by atoms with Crippen molar-refractivity contribution in [2.45, 2.75) is 6.42 Å². The minimum Gasteiger partial charge on any atom is -0.492 e. The standard InChI is InChI=1S/C12H17N3O2S/c1-16-7-8-3-4-15(6-8)12-11(17-2)10(14)9(5-13)18-12/h8H,3-4,6-7,14H2,1-2H3. The van der Waals surface area contributed by atoms with E-state index in [-0.39, 0.29) is 0 Å². The van der Waals surface area contributed by atoms with Crippen molar-refractivity contribution in [2.75, 3.05) is 44.5 Å². The van der Waals surface area contributed by atoms with Crippen molar-refractivity contribution in [3.8, 4) is 11.8 Å². The summed E-state index contributed by atoms with van der Waals surface area (Å²) in [5, 5.41) is 9.98. The average Bonchev–Trinajstić information content (AvgIpc) is 2.94. The summed E-state index contributed by atoms with van der Waals surface area (Å²) in [6.45, 7) is 2.65. The molecule has 0 saturated carbocycles. The third-order valence-electron chi connectivity index (χ3n) is 3.16. The Morgan fingerprint density at radius 3 is 2.94 bits per heavy atom. The molecule has 2 heterocycles. The van der Waals surface area contributed by atoms with Crippen LogP contribution in [0, 0.1) is 17.2 Å². The molecule has 6 heteroatoms. The first-order valence-electron chi connectivity index (χ1n) is 5.81. The SMILES string of the molecule is COCC1CCN(c2sc(C#N)c(N)c2OC)C1. The number of ether oxygens (including phenoxy) is 2. The summed E-state index contributed by atoms with van der Waals surface area (Å²) in [5.74, 6) is 1.17. The van der Waals surface area contributed by atoms with Gasteiger partial charge in [-0.3, -0.25) is 0 Å². The lowest BCUT2D eigenvalue weighted by Crippen LogP contribution is -2.20. The minimum absolute atomic E-state index is 0.454. The first-order chi connectivity index (χ1) is 8.71. The van der Waals surface area contributed by atoms with Crippen LogP contribution in [-0.4, -0.2) is 33.9 Å². The largest absolute Gasteiger partial charge is 0.492 e. The normalized spacial score (nSPS) is 18.9. The predicted octanol–water partition coefficient (Wildman–Crippen LogP) is 1.68. The van der Waals surface area contributed by atoms with Gasteiger partial charge in [0.05, 0.1) is 13.7 Å². The number of hydrogen-bond donors (Lipinski definition) is 1. The molecule has 0 amide bonds. The van der Waals surface area contributed by atoms with E-state index in [1.54, 1.807) is 14.2 Å². The van der Waals surface area contributed by atoms with E-state index < -0.39 is 0 Å². The van der Waals surface area contributed by atoms with Crippen molar-refractivity contribution in [3.63, 3.8) is 0 Å². The monoisotopic (exact) mass is 267 g/mol. The fourth-order valence-electron chi connectivity index (χ4n) is 2.29. The van der Waals surface area contributed by atoms with Crippen LogP contribution in [0.5, 0.6) is 5.75 Å². The molecule has 1 saturated heterocycles. The van der Waals surface area contributed by atoms with E-state index in [1.807, 2.05) is 0 Å². The Hall–Kier alpha value is -1.45. The molecule has 1 aromatic rings. The summed E-state index contributed by atoms with van der Waals surface area (Å²) < 4.78 is 10.5. The van der Waals surface area contributed by atoms with Gasteiger partial charge in [0.2, 0.25) is 0 Å². The van der Waals surface area contributed by atoms with Crippen LogP contribution in [0.15, 0.2) is 0 Å². The van der Waals surface area contributed by atoms with Crippen LogP contribution in [0.25, 0.3) is 0 Å². The van der Waals surface area contributed by atoms with Gasteiger partial charge in [0.1, 0.15) is 21.6 Å². The van der Waals surface area contributed by atoms with Gasteiger partial charge < -0.3 is 20.1 Å². The van der Waals surface area contributed by atoms with Crippen molar-refractivity contribution in [1.82, 2.24) is 0 Å². The molecule has 1 fully saturated rings. The van der Waals surface area contributed by atoms with E-state index in [9.17, 15) is 0 Å². The van der Waals surface area contributed by atoms with Crippen LogP contribution in [-0.2, 0) is 4.74 Å². The molecule has 1 unspecified atom stereocenters. The van der Waals surface area contributed by atoms with E-state index in [4.69, 9.17) is 20.5 Å². The Balaban J connectivity index is 2.22. The molecule has 0 radical (unpaired) electrons. The molecule has 0 spiro atoms. The molecule has 98 valence electrons. The number of rotatable bonds is 4. The first kappa shape index (κ1) is 13.0. The van der Waals surface area contributed by atoms with Crippen molar-refractivity contribution in [3.05, 3.63) is 4.88 Å². The van der Waals surface area contributed by atoms with Gasteiger partial charge in [0, 0.05) is 26.1 Å². The zero-order chi connectivity index (χ0) is 13.1. The molecular formula is C12H17N3O2S. The molecule has 1 aliphatic rings. The van der Waals surface area contributed by atoms with E-state index in [0.29, 0.717) is 22.2 Å². The molecule has 1 aromatic heterocycles. The molecule has 1 aliphatic heterocycles. The smallest absolute Gasteiger partial charge is 0.177 e. The second-order valence-electron chi connectivity index (χ2n) is 4.35. The highest BCUT2D eigenvalue weighted by molar-refractivity contribution is 7.17. The maximum absolute atomic E-state index is 9.02. The molecule has 0 aromatic carbocycles. The zero-order valence-corrected chi connectivity index (χ0v) is 11.4. The van der Waals surface area contributed by atoms with Gasteiger partial charge in [-0.2, -0.15) is 5.26 Å². The number of nitrogen functional groups attached to an aromatic ring is 1. The maximum Gasteiger partial charge on any atom is 0.177 e. The Bertz CT molecular complexity index is 467. The number of thiophene rings is 1. The fourth-order valence-corrected chi connectivity index (χ4v) is 3.32. The zero-order valence-electron chi connectivity index (χ0n) is 10.6. The number of nitriles is 1. The lowest BCUT2D eigenvalue weighted by molar-refractivity contribution is 0.161. The number of hydrogen-bond acceptors (Lipinski definition) is 6. The Labute approximate surface area is 111 Å². The Morgan fingerprint density at radius 2 is 2.33 bits per heavy atom. The highest BCUT2D eigenvalue weighted by Crippen LogP contribution is 2.45. The van der Waals surface area contributed by atoms with Gasteiger partial charge in [-0.05, 0) is 6.42 Å². The van der Waals surface area contributed by atoms with Crippen molar-refractivity contribution in [2.24, 2.45) is 5.92 Å². The number of nitrogens with two attached hydrogens (primary N) is 1. The average molecular weight is 267 g/mol. The molecule has 2 rings (SSSR count). The predicted molar refractivity (Wildman–Crippen MR) is 72.2 cm³/mol. The van der Waals surface area contributed by atoms with E-state index in [0.717, 1.165) is 31.1 Å². The molecular weight excluding hydrogens is 250 g/mol. The van der Waals surface area contributed by atoms with Crippen LogP contribution < -0.4 is 15.4 Å². The second-order valence-corrected chi connectivity index (χ2v) is 5.35. The van der Waals surface area contributed by atoms with Crippen molar-refractivity contribution < 1.29 is 9.47 Å². The van der Waals surface area contributed by atoms with Crippen LogP contribution in [0.2, 0.25) is 0 Å². The van der Waals surface area contributed by atoms with Crippen LogP contribution in [0.4, 0.5) is 10.7 Å². The fraction of sp³-hybridized carbons (Fsp3) is 0.583. The van der Waals surface area contributed by atoms with Gasteiger partial charge in [-0.1, -0.05) is 0 Å². The topological polar surface area (TPSA) is 71.5 Å². The summed E-state index contributed by atoms with van der Waals surface area (Å²) >= 11 is 1.40. The minimum atomic E-state index is 0.454. The third-order valence-corrected chi connectivity index (χ3v) is 4.32. The number of methoxy groups -OCH3 is 2. The van der Waals surface area contributed by atoms with E-state index >= 15 is 0 Å². The summed E-state index contributed by atoms with van der Waals surface area (Å²) in [6, 6.07) is 2.11. The molecule has 18 heavy (non-hydrogen) atoms. The summed E-state index contributed by atoms with van der Waals surface area (Å²) in [4.78, 5) is 2.75.